The Morgan fingerprint density at radius 2 is 2.31 bits per heavy atom. The summed E-state index contributed by atoms with van der Waals surface area (Å²) in [6, 6.07) is 2.03. The molecule has 2 rings (SSSR count). The van der Waals surface area contributed by atoms with E-state index in [0.29, 0.717) is 5.92 Å². The number of rotatable bonds is 0. The van der Waals surface area contributed by atoms with E-state index in [1.54, 1.807) is 6.92 Å². The molecule has 0 spiro atoms. The zero-order chi connectivity index (χ0) is 9.64. The molecule has 4 atom stereocenters. The number of ether oxygens (including phenoxy) is 2. The van der Waals surface area contributed by atoms with Crippen LogP contribution in [0.4, 0.5) is 0 Å². The Balaban J connectivity index is 2.19. The minimum absolute atomic E-state index is 0.0251. The van der Waals surface area contributed by atoms with E-state index in [2.05, 4.69) is 13.5 Å². The number of nitriles is 1. The highest BCUT2D eigenvalue weighted by molar-refractivity contribution is 5.16. The van der Waals surface area contributed by atoms with Crippen molar-refractivity contribution in [2.24, 2.45) is 5.92 Å². The van der Waals surface area contributed by atoms with Crippen molar-refractivity contribution in [1.29, 1.82) is 5.26 Å². The van der Waals surface area contributed by atoms with E-state index in [1.807, 2.05) is 6.07 Å². The van der Waals surface area contributed by atoms with Gasteiger partial charge in [0.2, 0.25) is 0 Å². The lowest BCUT2D eigenvalue weighted by Crippen LogP contribution is -2.26. The molecule has 1 heterocycles. The molecule has 2 fully saturated rings. The molecule has 0 radical (unpaired) electrons. The van der Waals surface area contributed by atoms with E-state index in [9.17, 15) is 0 Å². The number of nitrogens with zero attached hydrogens (tertiary/aromatic N) is 1. The van der Waals surface area contributed by atoms with Gasteiger partial charge in [-0.1, -0.05) is 19.1 Å². The van der Waals surface area contributed by atoms with Crippen LogP contribution in [-0.4, -0.2) is 18.0 Å². The Bertz CT molecular complexity index is 294. The molecule has 1 aliphatic heterocycles. The van der Waals surface area contributed by atoms with Crippen molar-refractivity contribution in [3.05, 3.63) is 12.2 Å². The van der Waals surface area contributed by atoms with Gasteiger partial charge in [0.1, 0.15) is 6.07 Å². The van der Waals surface area contributed by atoms with E-state index in [0.717, 1.165) is 12.0 Å². The van der Waals surface area contributed by atoms with Crippen LogP contribution in [-0.2, 0) is 9.47 Å². The van der Waals surface area contributed by atoms with Gasteiger partial charge >= 0.3 is 0 Å². The summed E-state index contributed by atoms with van der Waals surface area (Å²) in [6.45, 7) is 7.68. The molecule has 13 heavy (non-hydrogen) atoms. The van der Waals surface area contributed by atoms with E-state index in [4.69, 9.17) is 14.7 Å². The van der Waals surface area contributed by atoms with Crippen LogP contribution in [0.1, 0.15) is 20.3 Å². The minimum atomic E-state index is -1.04. The van der Waals surface area contributed by atoms with Gasteiger partial charge < -0.3 is 9.47 Å². The molecule has 0 aromatic carbocycles. The second-order valence-corrected chi connectivity index (χ2v) is 3.95. The summed E-state index contributed by atoms with van der Waals surface area (Å²) in [6.07, 6.45) is 0.882. The van der Waals surface area contributed by atoms with Crippen molar-refractivity contribution >= 4 is 0 Å². The number of hydrogen-bond donors (Lipinski definition) is 0. The van der Waals surface area contributed by atoms with Crippen molar-refractivity contribution < 1.29 is 9.47 Å². The molecule has 0 N–H and O–H groups in total. The lowest BCUT2D eigenvalue weighted by molar-refractivity contribution is -0.121. The van der Waals surface area contributed by atoms with Gasteiger partial charge in [0, 0.05) is 12.8 Å². The van der Waals surface area contributed by atoms with Crippen molar-refractivity contribution in [3.8, 4) is 6.07 Å². The van der Waals surface area contributed by atoms with Crippen molar-refractivity contribution in [1.82, 2.24) is 0 Å². The van der Waals surface area contributed by atoms with Crippen LogP contribution >= 0.6 is 0 Å². The molecule has 1 saturated carbocycles. The predicted molar refractivity (Wildman–Crippen MR) is 46.7 cm³/mol. The molecule has 70 valence electrons. The third kappa shape index (κ3) is 1.18. The van der Waals surface area contributed by atoms with Crippen LogP contribution in [0.25, 0.3) is 0 Å². The SMILES string of the molecule is C=C1CC2OC(C)(C#N)OC2C1C. The lowest BCUT2D eigenvalue weighted by atomic mass is 10.1. The van der Waals surface area contributed by atoms with Crippen LogP contribution in [0.15, 0.2) is 12.2 Å². The molecule has 0 aromatic heterocycles. The van der Waals surface area contributed by atoms with E-state index >= 15 is 0 Å². The summed E-state index contributed by atoms with van der Waals surface area (Å²) in [5.41, 5.74) is 1.16. The van der Waals surface area contributed by atoms with Gasteiger partial charge in [-0.3, -0.25) is 0 Å². The van der Waals surface area contributed by atoms with Gasteiger partial charge in [0.15, 0.2) is 0 Å². The summed E-state index contributed by atoms with van der Waals surface area (Å²) >= 11 is 0. The van der Waals surface area contributed by atoms with E-state index < -0.39 is 5.79 Å². The highest BCUT2D eigenvalue weighted by Crippen LogP contribution is 2.43. The molecular formula is C10H13NO2. The third-order valence-electron chi connectivity index (χ3n) is 2.91. The minimum Gasteiger partial charge on any atom is -0.332 e. The first kappa shape index (κ1) is 8.74. The Hall–Kier alpha value is -0.850. The molecule has 2 aliphatic rings. The third-order valence-corrected chi connectivity index (χ3v) is 2.91. The molecule has 0 bridgehead atoms. The maximum Gasteiger partial charge on any atom is 0.257 e. The van der Waals surface area contributed by atoms with E-state index in [1.165, 1.54) is 0 Å². The first-order valence-electron chi connectivity index (χ1n) is 4.50. The maximum atomic E-state index is 8.81. The second kappa shape index (κ2) is 2.57. The zero-order valence-corrected chi connectivity index (χ0v) is 7.91. The first-order valence-corrected chi connectivity index (χ1v) is 4.50. The predicted octanol–water partition coefficient (Wildman–Crippen LogP) is 1.61. The van der Waals surface area contributed by atoms with Crippen LogP contribution < -0.4 is 0 Å². The molecule has 0 amide bonds. The molecule has 3 nitrogen and oxygen atoms in total. The standard InChI is InChI=1S/C10H13NO2/c1-6-4-8-9(7(6)2)13-10(3,5-11)12-8/h7-9H,1,4H2,2-3H3. The fraction of sp³-hybridized carbons (Fsp3) is 0.700. The van der Waals surface area contributed by atoms with Gasteiger partial charge in [-0.15, -0.1) is 0 Å². The van der Waals surface area contributed by atoms with Crippen LogP contribution in [0.3, 0.4) is 0 Å². The summed E-state index contributed by atoms with van der Waals surface area (Å²) in [5.74, 6) is -0.732. The molecule has 1 aliphatic carbocycles. The average molecular weight is 179 g/mol. The quantitative estimate of drug-likeness (QED) is 0.530. The summed E-state index contributed by atoms with van der Waals surface area (Å²) in [4.78, 5) is 0. The molecular weight excluding hydrogens is 166 g/mol. The maximum absolute atomic E-state index is 8.81. The van der Waals surface area contributed by atoms with Gasteiger partial charge in [-0.2, -0.15) is 5.26 Å². The largest absolute Gasteiger partial charge is 0.332 e. The number of fused-ring (bicyclic) bond motifs is 1. The van der Waals surface area contributed by atoms with Gasteiger partial charge in [-0.05, 0) is 6.42 Å². The Morgan fingerprint density at radius 3 is 2.85 bits per heavy atom. The molecule has 0 aromatic rings. The average Bonchev–Trinajstić information content (AvgIpc) is 2.52. The summed E-state index contributed by atoms with van der Waals surface area (Å²) < 4.78 is 11.1. The molecule has 1 saturated heterocycles. The van der Waals surface area contributed by atoms with Gasteiger partial charge in [-0.25, -0.2) is 0 Å². The summed E-state index contributed by atoms with van der Waals surface area (Å²) in [5, 5.41) is 8.81. The summed E-state index contributed by atoms with van der Waals surface area (Å²) in [7, 11) is 0. The topological polar surface area (TPSA) is 42.2 Å². The normalized spacial score (nSPS) is 49.0. The monoisotopic (exact) mass is 179 g/mol. The van der Waals surface area contributed by atoms with Crippen molar-refractivity contribution in [2.45, 2.75) is 38.3 Å². The van der Waals surface area contributed by atoms with E-state index in [-0.39, 0.29) is 12.2 Å². The fourth-order valence-electron chi connectivity index (χ4n) is 2.03. The number of hydrogen-bond acceptors (Lipinski definition) is 3. The highest BCUT2D eigenvalue weighted by atomic mass is 16.8. The second-order valence-electron chi connectivity index (χ2n) is 3.95. The highest BCUT2D eigenvalue weighted by Gasteiger charge is 2.51. The fourth-order valence-corrected chi connectivity index (χ4v) is 2.03. The first-order chi connectivity index (χ1) is 6.06. The molecule has 4 unspecified atom stereocenters. The van der Waals surface area contributed by atoms with Gasteiger partial charge in [0.05, 0.1) is 12.2 Å². The van der Waals surface area contributed by atoms with Crippen LogP contribution in [0.2, 0.25) is 0 Å². The Morgan fingerprint density at radius 1 is 1.62 bits per heavy atom. The van der Waals surface area contributed by atoms with Gasteiger partial charge in [0.25, 0.3) is 5.79 Å². The molecule has 3 heteroatoms. The smallest absolute Gasteiger partial charge is 0.257 e. The van der Waals surface area contributed by atoms with Crippen molar-refractivity contribution in [2.75, 3.05) is 0 Å². The Kier molecular flexibility index (Phi) is 1.73. The Labute approximate surface area is 77.9 Å². The zero-order valence-electron chi connectivity index (χ0n) is 7.91. The van der Waals surface area contributed by atoms with Crippen molar-refractivity contribution in [3.63, 3.8) is 0 Å². The van der Waals surface area contributed by atoms with Crippen LogP contribution in [0.5, 0.6) is 0 Å². The lowest BCUT2D eigenvalue weighted by Gasteiger charge is -2.17. The van der Waals surface area contributed by atoms with Crippen LogP contribution in [0, 0.1) is 17.2 Å².